The zero-order valence-electron chi connectivity index (χ0n) is 17.0. The minimum Gasteiger partial charge on any atom is -0.356 e. The van der Waals surface area contributed by atoms with E-state index in [1.54, 1.807) is 13.1 Å². The van der Waals surface area contributed by atoms with Gasteiger partial charge in [-0.25, -0.2) is 4.39 Å². The maximum Gasteiger partial charge on any atom is 0.226 e. The lowest BCUT2D eigenvalue weighted by Gasteiger charge is -2.13. The van der Waals surface area contributed by atoms with E-state index < -0.39 is 0 Å². The molecule has 2 aromatic carbocycles. The molecule has 2 rings (SSSR count). The van der Waals surface area contributed by atoms with E-state index in [2.05, 4.69) is 20.9 Å². The summed E-state index contributed by atoms with van der Waals surface area (Å²) in [7, 11) is 1.73. The maximum absolute atomic E-state index is 13.2. The molecule has 0 aliphatic carbocycles. The molecule has 0 saturated heterocycles. The molecule has 0 heterocycles. The molecule has 0 atom stereocenters. The van der Waals surface area contributed by atoms with E-state index in [0.29, 0.717) is 19.0 Å². The van der Waals surface area contributed by atoms with Gasteiger partial charge < -0.3 is 16.0 Å². The average molecular weight is 384 g/mol. The van der Waals surface area contributed by atoms with Gasteiger partial charge in [-0.3, -0.25) is 9.79 Å². The quantitative estimate of drug-likeness (QED) is 0.504. The van der Waals surface area contributed by atoms with Crippen LogP contribution in [0.3, 0.4) is 0 Å². The van der Waals surface area contributed by atoms with Gasteiger partial charge in [-0.15, -0.1) is 0 Å². The molecule has 0 fully saturated rings. The molecule has 0 saturated carbocycles. The molecule has 2 aromatic rings. The molecule has 150 valence electrons. The summed E-state index contributed by atoms with van der Waals surface area (Å²) in [6.07, 6.45) is 0.789. The second-order valence-corrected chi connectivity index (χ2v) is 7.01. The number of nitrogens with one attached hydrogen (secondary N) is 3. The lowest BCUT2D eigenvalue weighted by atomic mass is 10.1. The molecule has 6 heteroatoms. The standard InChI is InChI=1S/C22H29FN4O/c1-15(2)21(28)27-20-9-5-17(6-10-20)14-26-22(24-4)25-12-11-18-7-8-19(23)13-16(18)3/h5-10,13,15H,11-12,14H2,1-4H3,(H,27,28)(H2,24,25,26). The van der Waals surface area contributed by atoms with Crippen LogP contribution in [0.15, 0.2) is 47.5 Å². The van der Waals surface area contributed by atoms with Crippen LogP contribution in [-0.4, -0.2) is 25.5 Å². The summed E-state index contributed by atoms with van der Waals surface area (Å²) >= 11 is 0. The Morgan fingerprint density at radius 3 is 2.43 bits per heavy atom. The molecule has 0 radical (unpaired) electrons. The predicted molar refractivity (Wildman–Crippen MR) is 113 cm³/mol. The van der Waals surface area contributed by atoms with E-state index in [4.69, 9.17) is 0 Å². The smallest absolute Gasteiger partial charge is 0.226 e. The van der Waals surface area contributed by atoms with Crippen molar-refractivity contribution in [1.29, 1.82) is 0 Å². The van der Waals surface area contributed by atoms with Crippen LogP contribution in [0.2, 0.25) is 0 Å². The van der Waals surface area contributed by atoms with Gasteiger partial charge in [0.25, 0.3) is 0 Å². The van der Waals surface area contributed by atoms with Crippen LogP contribution in [0.25, 0.3) is 0 Å². The number of anilines is 1. The minimum absolute atomic E-state index is 0.00636. The highest BCUT2D eigenvalue weighted by molar-refractivity contribution is 5.92. The van der Waals surface area contributed by atoms with Crippen molar-refractivity contribution in [3.8, 4) is 0 Å². The number of rotatable bonds is 7. The molecule has 0 aliphatic heterocycles. The Hall–Kier alpha value is -2.89. The Kier molecular flexibility index (Phi) is 7.99. The second kappa shape index (κ2) is 10.4. The van der Waals surface area contributed by atoms with Crippen LogP contribution in [0.5, 0.6) is 0 Å². The van der Waals surface area contributed by atoms with Crippen LogP contribution in [0, 0.1) is 18.7 Å². The number of halogens is 1. The highest BCUT2D eigenvalue weighted by atomic mass is 19.1. The van der Waals surface area contributed by atoms with Crippen LogP contribution in [0.1, 0.15) is 30.5 Å². The molecule has 5 nitrogen and oxygen atoms in total. The zero-order chi connectivity index (χ0) is 20.5. The highest BCUT2D eigenvalue weighted by Crippen LogP contribution is 2.11. The largest absolute Gasteiger partial charge is 0.356 e. The van der Waals surface area contributed by atoms with Crippen molar-refractivity contribution < 1.29 is 9.18 Å². The first kappa shape index (κ1) is 21.4. The third-order valence-corrected chi connectivity index (χ3v) is 4.42. The monoisotopic (exact) mass is 384 g/mol. The van der Waals surface area contributed by atoms with Crippen molar-refractivity contribution in [3.05, 3.63) is 65.0 Å². The summed E-state index contributed by atoms with van der Waals surface area (Å²) in [5, 5.41) is 9.41. The maximum atomic E-state index is 13.2. The van der Waals surface area contributed by atoms with Gasteiger partial charge in [-0.2, -0.15) is 0 Å². The number of nitrogens with zero attached hydrogens (tertiary/aromatic N) is 1. The van der Waals surface area contributed by atoms with E-state index in [1.807, 2.05) is 51.1 Å². The number of amides is 1. The molecule has 3 N–H and O–H groups in total. The SMILES string of the molecule is CN=C(NCCc1ccc(F)cc1C)NCc1ccc(NC(=O)C(C)C)cc1. The zero-order valence-corrected chi connectivity index (χ0v) is 17.0. The number of carbonyl (C=O) groups is 1. The number of hydrogen-bond acceptors (Lipinski definition) is 2. The van der Waals surface area contributed by atoms with Gasteiger partial charge in [0.15, 0.2) is 5.96 Å². The third-order valence-electron chi connectivity index (χ3n) is 4.42. The molecule has 0 unspecified atom stereocenters. The molecule has 1 amide bonds. The molecular weight excluding hydrogens is 355 g/mol. The molecule has 28 heavy (non-hydrogen) atoms. The van der Waals surface area contributed by atoms with Gasteiger partial charge in [-0.1, -0.05) is 32.0 Å². The summed E-state index contributed by atoms with van der Waals surface area (Å²) in [6.45, 7) is 6.96. The van der Waals surface area contributed by atoms with E-state index in [1.165, 1.54) is 6.07 Å². The normalized spacial score (nSPS) is 11.4. The summed E-state index contributed by atoms with van der Waals surface area (Å²) in [4.78, 5) is 16.0. The fraction of sp³-hybridized carbons (Fsp3) is 0.364. The average Bonchev–Trinajstić information content (AvgIpc) is 2.67. The van der Waals surface area contributed by atoms with Gasteiger partial charge >= 0.3 is 0 Å². The Labute approximate surface area is 166 Å². The number of carbonyl (C=O) groups excluding carboxylic acids is 1. The van der Waals surface area contributed by atoms with Crippen LogP contribution in [0.4, 0.5) is 10.1 Å². The number of guanidine groups is 1. The second-order valence-electron chi connectivity index (χ2n) is 7.01. The van der Waals surface area contributed by atoms with Gasteiger partial charge in [0.1, 0.15) is 5.82 Å². The molecule has 0 bridgehead atoms. The van der Waals surface area contributed by atoms with Crippen molar-refractivity contribution in [2.75, 3.05) is 18.9 Å². The van der Waals surface area contributed by atoms with E-state index in [9.17, 15) is 9.18 Å². The number of aryl methyl sites for hydroxylation is 1. The predicted octanol–water partition coefficient (Wildman–Crippen LogP) is 3.64. The van der Waals surface area contributed by atoms with Gasteiger partial charge in [0.05, 0.1) is 0 Å². The summed E-state index contributed by atoms with van der Waals surface area (Å²) in [5.74, 6) is 0.458. The Balaban J connectivity index is 1.79. The van der Waals surface area contributed by atoms with Gasteiger partial charge in [0.2, 0.25) is 5.91 Å². The minimum atomic E-state index is -0.207. The van der Waals surface area contributed by atoms with E-state index >= 15 is 0 Å². The van der Waals surface area contributed by atoms with Crippen LogP contribution < -0.4 is 16.0 Å². The Morgan fingerprint density at radius 1 is 1.11 bits per heavy atom. The molecule has 0 aliphatic rings. The van der Waals surface area contributed by atoms with Crippen LogP contribution in [-0.2, 0) is 17.8 Å². The van der Waals surface area contributed by atoms with Crippen molar-refractivity contribution in [1.82, 2.24) is 10.6 Å². The van der Waals surface area contributed by atoms with Gasteiger partial charge in [0, 0.05) is 31.7 Å². The van der Waals surface area contributed by atoms with Crippen molar-refractivity contribution in [3.63, 3.8) is 0 Å². The Bertz CT molecular complexity index is 816. The topological polar surface area (TPSA) is 65.5 Å². The molecule has 0 aromatic heterocycles. The van der Waals surface area contributed by atoms with Gasteiger partial charge in [-0.05, 0) is 54.3 Å². The number of hydrogen-bond donors (Lipinski definition) is 3. The van der Waals surface area contributed by atoms with E-state index in [0.717, 1.165) is 28.8 Å². The van der Waals surface area contributed by atoms with E-state index in [-0.39, 0.29) is 17.6 Å². The summed E-state index contributed by atoms with van der Waals surface area (Å²) in [6, 6.07) is 12.6. The van der Waals surface area contributed by atoms with Crippen molar-refractivity contribution in [2.24, 2.45) is 10.9 Å². The first-order valence-electron chi connectivity index (χ1n) is 9.48. The number of benzene rings is 2. The third kappa shape index (κ3) is 6.68. The number of aliphatic imine (C=N–C) groups is 1. The molecule has 0 spiro atoms. The van der Waals surface area contributed by atoms with Crippen molar-refractivity contribution >= 4 is 17.6 Å². The molecular formula is C22H29FN4O. The lowest BCUT2D eigenvalue weighted by molar-refractivity contribution is -0.118. The first-order chi connectivity index (χ1) is 13.4. The fourth-order valence-electron chi connectivity index (χ4n) is 2.65. The summed E-state index contributed by atoms with van der Waals surface area (Å²) < 4.78 is 13.2. The fourth-order valence-corrected chi connectivity index (χ4v) is 2.65. The van der Waals surface area contributed by atoms with Crippen molar-refractivity contribution in [2.45, 2.75) is 33.7 Å². The highest BCUT2D eigenvalue weighted by Gasteiger charge is 2.07. The first-order valence-corrected chi connectivity index (χ1v) is 9.48. The lowest BCUT2D eigenvalue weighted by Crippen LogP contribution is -2.37. The van der Waals surface area contributed by atoms with Crippen LogP contribution >= 0.6 is 0 Å². The Morgan fingerprint density at radius 2 is 1.82 bits per heavy atom. The summed E-state index contributed by atoms with van der Waals surface area (Å²) in [5.41, 5.74) is 3.94.